The molecule has 5 nitrogen and oxygen atoms in total. The molecule has 116 valence electrons. The van der Waals surface area contributed by atoms with E-state index in [0.717, 1.165) is 32.1 Å². The standard InChI is InChI=1S/C15H29N3O2/c1-2-3-7-14(19)17-10-12-18(13-11-17)15(20)8-5-4-6-9-16/h2-13,16H2,1H3. The van der Waals surface area contributed by atoms with Crippen LogP contribution in [0.15, 0.2) is 0 Å². The smallest absolute Gasteiger partial charge is 0.222 e. The lowest BCUT2D eigenvalue weighted by atomic mass is 10.1. The summed E-state index contributed by atoms with van der Waals surface area (Å²) in [5, 5.41) is 0. The Morgan fingerprint density at radius 1 is 0.850 bits per heavy atom. The molecule has 0 saturated carbocycles. The molecule has 0 radical (unpaired) electrons. The van der Waals surface area contributed by atoms with Gasteiger partial charge in [-0.05, 0) is 25.8 Å². The lowest BCUT2D eigenvalue weighted by Crippen LogP contribution is -2.50. The molecule has 1 saturated heterocycles. The molecular weight excluding hydrogens is 254 g/mol. The molecule has 2 amide bonds. The fraction of sp³-hybridized carbons (Fsp3) is 0.867. The van der Waals surface area contributed by atoms with E-state index in [-0.39, 0.29) is 11.8 Å². The molecule has 1 aliphatic rings. The summed E-state index contributed by atoms with van der Waals surface area (Å²) in [7, 11) is 0. The fourth-order valence-corrected chi connectivity index (χ4v) is 2.45. The maximum atomic E-state index is 12.0. The average Bonchev–Trinajstić information content (AvgIpc) is 2.49. The second kappa shape index (κ2) is 9.75. The largest absolute Gasteiger partial charge is 0.339 e. The van der Waals surface area contributed by atoms with Crippen molar-refractivity contribution < 1.29 is 9.59 Å². The van der Waals surface area contributed by atoms with E-state index in [1.165, 1.54) is 0 Å². The van der Waals surface area contributed by atoms with Crippen LogP contribution in [0, 0.1) is 0 Å². The summed E-state index contributed by atoms with van der Waals surface area (Å²) in [4.78, 5) is 27.7. The van der Waals surface area contributed by atoms with E-state index >= 15 is 0 Å². The number of carbonyl (C=O) groups excluding carboxylic acids is 2. The lowest BCUT2D eigenvalue weighted by molar-refractivity contribution is -0.139. The van der Waals surface area contributed by atoms with Crippen LogP contribution >= 0.6 is 0 Å². The highest BCUT2D eigenvalue weighted by molar-refractivity contribution is 5.78. The van der Waals surface area contributed by atoms with E-state index < -0.39 is 0 Å². The zero-order chi connectivity index (χ0) is 14.8. The van der Waals surface area contributed by atoms with Gasteiger partial charge in [-0.1, -0.05) is 19.8 Å². The van der Waals surface area contributed by atoms with E-state index in [1.54, 1.807) is 0 Å². The fourth-order valence-electron chi connectivity index (χ4n) is 2.45. The van der Waals surface area contributed by atoms with Crippen molar-refractivity contribution >= 4 is 11.8 Å². The van der Waals surface area contributed by atoms with E-state index in [4.69, 9.17) is 5.73 Å². The first-order valence-corrected chi connectivity index (χ1v) is 7.94. The number of piperazine rings is 1. The highest BCUT2D eigenvalue weighted by Crippen LogP contribution is 2.09. The molecule has 1 fully saturated rings. The molecule has 0 atom stereocenters. The normalized spacial score (nSPS) is 15.5. The highest BCUT2D eigenvalue weighted by Gasteiger charge is 2.23. The highest BCUT2D eigenvalue weighted by atomic mass is 16.2. The number of hydrogen-bond acceptors (Lipinski definition) is 3. The van der Waals surface area contributed by atoms with Gasteiger partial charge in [-0.15, -0.1) is 0 Å². The summed E-state index contributed by atoms with van der Waals surface area (Å²) in [6.07, 6.45) is 6.20. The van der Waals surface area contributed by atoms with Gasteiger partial charge in [-0.3, -0.25) is 9.59 Å². The van der Waals surface area contributed by atoms with Crippen molar-refractivity contribution in [3.8, 4) is 0 Å². The molecule has 1 rings (SSSR count). The van der Waals surface area contributed by atoms with Crippen LogP contribution < -0.4 is 5.73 Å². The zero-order valence-corrected chi connectivity index (χ0v) is 12.8. The van der Waals surface area contributed by atoms with Crippen LogP contribution in [0.1, 0.15) is 51.9 Å². The van der Waals surface area contributed by atoms with Crippen LogP contribution in [0.5, 0.6) is 0 Å². The zero-order valence-electron chi connectivity index (χ0n) is 12.8. The molecule has 0 bridgehead atoms. The molecule has 0 spiro atoms. The molecule has 0 unspecified atom stereocenters. The summed E-state index contributed by atoms with van der Waals surface area (Å²) in [6, 6.07) is 0. The second-order valence-corrected chi connectivity index (χ2v) is 5.46. The minimum atomic E-state index is 0.225. The Morgan fingerprint density at radius 3 is 1.80 bits per heavy atom. The van der Waals surface area contributed by atoms with Gasteiger partial charge in [-0.25, -0.2) is 0 Å². The molecule has 5 heteroatoms. The topological polar surface area (TPSA) is 66.6 Å². The van der Waals surface area contributed by atoms with Gasteiger partial charge >= 0.3 is 0 Å². The SMILES string of the molecule is CCCCC(=O)N1CCN(C(=O)CCCCCN)CC1. The molecule has 1 aliphatic heterocycles. The van der Waals surface area contributed by atoms with Gasteiger partial charge in [-0.2, -0.15) is 0 Å². The predicted octanol–water partition coefficient (Wildman–Crippen LogP) is 1.37. The Kier molecular flexibility index (Phi) is 8.26. The predicted molar refractivity (Wildman–Crippen MR) is 80.2 cm³/mol. The molecule has 1 heterocycles. The molecule has 0 aromatic rings. The van der Waals surface area contributed by atoms with E-state index in [0.29, 0.717) is 45.6 Å². The van der Waals surface area contributed by atoms with Crippen molar-refractivity contribution in [1.29, 1.82) is 0 Å². The number of rotatable bonds is 8. The van der Waals surface area contributed by atoms with E-state index in [2.05, 4.69) is 6.92 Å². The third-order valence-corrected chi connectivity index (χ3v) is 3.82. The summed E-state index contributed by atoms with van der Waals surface area (Å²) < 4.78 is 0. The second-order valence-electron chi connectivity index (χ2n) is 5.46. The Hall–Kier alpha value is -1.10. The molecule has 20 heavy (non-hydrogen) atoms. The van der Waals surface area contributed by atoms with Crippen LogP contribution in [0.3, 0.4) is 0 Å². The molecular formula is C15H29N3O2. The third-order valence-electron chi connectivity index (χ3n) is 3.82. The lowest BCUT2D eigenvalue weighted by Gasteiger charge is -2.35. The monoisotopic (exact) mass is 283 g/mol. The van der Waals surface area contributed by atoms with Crippen LogP contribution in [0.25, 0.3) is 0 Å². The van der Waals surface area contributed by atoms with Gasteiger partial charge in [0.25, 0.3) is 0 Å². The first kappa shape index (κ1) is 17.0. The first-order chi connectivity index (χ1) is 9.69. The number of carbonyl (C=O) groups is 2. The maximum Gasteiger partial charge on any atom is 0.222 e. The Labute approximate surface area is 122 Å². The van der Waals surface area contributed by atoms with Crippen LogP contribution in [-0.2, 0) is 9.59 Å². The van der Waals surface area contributed by atoms with Crippen molar-refractivity contribution in [2.45, 2.75) is 51.9 Å². The van der Waals surface area contributed by atoms with Crippen LogP contribution in [0.4, 0.5) is 0 Å². The van der Waals surface area contributed by atoms with Crippen molar-refractivity contribution in [2.24, 2.45) is 5.73 Å². The van der Waals surface area contributed by atoms with Crippen molar-refractivity contribution in [2.75, 3.05) is 32.7 Å². The third kappa shape index (κ3) is 5.90. The summed E-state index contributed by atoms with van der Waals surface area (Å²) in [5.74, 6) is 0.463. The van der Waals surface area contributed by atoms with Gasteiger partial charge < -0.3 is 15.5 Å². The Bertz CT molecular complexity index is 299. The summed E-state index contributed by atoms with van der Waals surface area (Å²) in [6.45, 7) is 5.55. The van der Waals surface area contributed by atoms with Gasteiger partial charge in [0, 0.05) is 39.0 Å². The number of unbranched alkanes of at least 4 members (excludes halogenated alkanes) is 3. The molecule has 0 aromatic heterocycles. The van der Waals surface area contributed by atoms with E-state index in [1.807, 2.05) is 9.80 Å². The Balaban J connectivity index is 2.20. The maximum absolute atomic E-state index is 12.0. The molecule has 0 aliphatic carbocycles. The van der Waals surface area contributed by atoms with Gasteiger partial charge in [0.05, 0.1) is 0 Å². The minimum absolute atomic E-state index is 0.225. The number of nitrogens with two attached hydrogens (primary N) is 1. The minimum Gasteiger partial charge on any atom is -0.339 e. The number of nitrogens with zero attached hydrogens (tertiary/aromatic N) is 2. The van der Waals surface area contributed by atoms with E-state index in [9.17, 15) is 9.59 Å². The van der Waals surface area contributed by atoms with Crippen molar-refractivity contribution in [1.82, 2.24) is 9.80 Å². The van der Waals surface area contributed by atoms with Crippen LogP contribution in [0.2, 0.25) is 0 Å². The average molecular weight is 283 g/mol. The number of hydrogen-bond donors (Lipinski definition) is 1. The van der Waals surface area contributed by atoms with Gasteiger partial charge in [0.1, 0.15) is 0 Å². The van der Waals surface area contributed by atoms with Crippen molar-refractivity contribution in [3.05, 3.63) is 0 Å². The summed E-state index contributed by atoms with van der Waals surface area (Å²) >= 11 is 0. The number of amides is 2. The van der Waals surface area contributed by atoms with Crippen molar-refractivity contribution in [3.63, 3.8) is 0 Å². The molecule has 2 N–H and O–H groups in total. The summed E-state index contributed by atoms with van der Waals surface area (Å²) in [5.41, 5.74) is 5.43. The Morgan fingerprint density at radius 2 is 1.35 bits per heavy atom. The van der Waals surface area contributed by atoms with Crippen LogP contribution in [-0.4, -0.2) is 54.3 Å². The first-order valence-electron chi connectivity index (χ1n) is 7.94. The molecule has 0 aromatic carbocycles. The van der Waals surface area contributed by atoms with Gasteiger partial charge in [0.2, 0.25) is 11.8 Å². The van der Waals surface area contributed by atoms with Gasteiger partial charge in [0.15, 0.2) is 0 Å². The quantitative estimate of drug-likeness (QED) is 0.684.